The monoisotopic (exact) mass is 351 g/mol. The van der Waals surface area contributed by atoms with E-state index in [1.165, 1.54) is 17.5 Å². The van der Waals surface area contributed by atoms with Gasteiger partial charge in [0.15, 0.2) is 0 Å². The summed E-state index contributed by atoms with van der Waals surface area (Å²) in [5.41, 5.74) is 8.56. The molecular formula is C19H17N3O2S. The molecule has 0 unspecified atom stereocenters. The molecule has 0 saturated carbocycles. The molecule has 2 N–H and O–H groups in total. The van der Waals surface area contributed by atoms with Crippen molar-refractivity contribution in [2.45, 2.75) is 12.8 Å². The summed E-state index contributed by atoms with van der Waals surface area (Å²) in [7, 11) is 0. The summed E-state index contributed by atoms with van der Waals surface area (Å²) in [6.07, 6.45) is 5.42. The van der Waals surface area contributed by atoms with Crippen LogP contribution >= 0.6 is 11.3 Å². The molecule has 0 aliphatic carbocycles. The van der Waals surface area contributed by atoms with Gasteiger partial charge in [-0.25, -0.2) is 0 Å². The van der Waals surface area contributed by atoms with Crippen molar-refractivity contribution in [2.75, 3.05) is 13.1 Å². The van der Waals surface area contributed by atoms with Crippen LogP contribution in [0, 0.1) is 0 Å². The van der Waals surface area contributed by atoms with E-state index in [1.54, 1.807) is 6.20 Å². The molecule has 1 aliphatic heterocycles. The predicted molar refractivity (Wildman–Crippen MR) is 98.7 cm³/mol. The summed E-state index contributed by atoms with van der Waals surface area (Å²) in [5, 5.41) is 2.90. The van der Waals surface area contributed by atoms with E-state index in [2.05, 4.69) is 4.98 Å². The number of hydrogen-bond acceptors (Lipinski definition) is 4. The Bertz CT molecular complexity index is 956. The lowest BCUT2D eigenvalue weighted by molar-refractivity contribution is 0.0792. The summed E-state index contributed by atoms with van der Waals surface area (Å²) >= 11 is 1.48. The van der Waals surface area contributed by atoms with E-state index in [-0.39, 0.29) is 5.91 Å². The molecule has 1 aliphatic rings. The summed E-state index contributed by atoms with van der Waals surface area (Å²) in [6, 6.07) is 7.62. The molecule has 1 aromatic carbocycles. The topological polar surface area (TPSA) is 76.3 Å². The minimum absolute atomic E-state index is 0.0944. The number of pyridine rings is 1. The Morgan fingerprint density at radius 1 is 1.08 bits per heavy atom. The molecule has 1 saturated heterocycles. The number of primary amides is 1. The number of thiophene rings is 1. The Hall–Kier alpha value is -2.73. The summed E-state index contributed by atoms with van der Waals surface area (Å²) < 4.78 is 0.842. The molecule has 0 atom stereocenters. The number of hydrogen-bond donors (Lipinski definition) is 1. The largest absolute Gasteiger partial charge is 0.366 e. The lowest BCUT2D eigenvalue weighted by atomic mass is 10.0. The van der Waals surface area contributed by atoms with Gasteiger partial charge in [0.2, 0.25) is 0 Å². The Labute approximate surface area is 149 Å². The van der Waals surface area contributed by atoms with Crippen LogP contribution in [0.1, 0.15) is 33.6 Å². The highest BCUT2D eigenvalue weighted by Gasteiger charge is 2.19. The Morgan fingerprint density at radius 3 is 2.48 bits per heavy atom. The van der Waals surface area contributed by atoms with E-state index in [0.717, 1.165) is 47.1 Å². The van der Waals surface area contributed by atoms with Gasteiger partial charge in [-0.1, -0.05) is 12.1 Å². The molecule has 25 heavy (non-hydrogen) atoms. The number of amides is 2. The second-order valence-corrected chi connectivity index (χ2v) is 7.03. The van der Waals surface area contributed by atoms with Crippen molar-refractivity contribution in [3.8, 4) is 11.1 Å². The van der Waals surface area contributed by atoms with Crippen molar-refractivity contribution in [1.82, 2.24) is 9.88 Å². The normalized spacial score (nSPS) is 14.2. The number of fused-ring (bicyclic) bond motifs is 1. The van der Waals surface area contributed by atoms with Crippen LogP contribution in [0.3, 0.4) is 0 Å². The van der Waals surface area contributed by atoms with E-state index >= 15 is 0 Å². The number of benzene rings is 1. The predicted octanol–water partition coefficient (Wildman–Crippen LogP) is 3.30. The highest BCUT2D eigenvalue weighted by molar-refractivity contribution is 7.18. The summed E-state index contributed by atoms with van der Waals surface area (Å²) in [4.78, 5) is 30.0. The van der Waals surface area contributed by atoms with Gasteiger partial charge in [0.25, 0.3) is 11.8 Å². The van der Waals surface area contributed by atoms with E-state index in [4.69, 9.17) is 5.73 Å². The van der Waals surface area contributed by atoms with Crippen LogP contribution in [0.15, 0.2) is 42.0 Å². The van der Waals surface area contributed by atoms with Crippen molar-refractivity contribution in [3.05, 3.63) is 53.2 Å². The molecule has 6 heteroatoms. The van der Waals surface area contributed by atoms with Crippen LogP contribution in [0.2, 0.25) is 0 Å². The van der Waals surface area contributed by atoms with Crippen LogP contribution in [0.4, 0.5) is 0 Å². The van der Waals surface area contributed by atoms with Gasteiger partial charge in [0.1, 0.15) is 0 Å². The molecule has 2 amide bonds. The molecule has 0 radical (unpaired) electrons. The molecule has 3 aromatic rings. The fraction of sp³-hybridized carbons (Fsp3) is 0.211. The quantitative estimate of drug-likeness (QED) is 0.786. The maximum Gasteiger partial charge on any atom is 0.253 e. The second-order valence-electron chi connectivity index (χ2n) is 6.15. The van der Waals surface area contributed by atoms with Crippen LogP contribution < -0.4 is 5.73 Å². The van der Waals surface area contributed by atoms with Crippen LogP contribution in [-0.2, 0) is 0 Å². The molecular weight excluding hydrogens is 334 g/mol. The molecule has 126 valence electrons. The summed E-state index contributed by atoms with van der Waals surface area (Å²) in [6.45, 7) is 1.69. The Kier molecular flexibility index (Phi) is 3.97. The third-order valence-corrected chi connectivity index (χ3v) is 5.61. The average Bonchev–Trinajstić information content (AvgIpc) is 3.30. The number of carbonyl (C=O) groups excluding carboxylic acids is 2. The standard InChI is InChI=1S/C19H17N3O2S/c20-18(23)15-10-21-9-14-16(11-25-17(14)15)12-3-5-13(6-4-12)19(24)22-7-1-2-8-22/h3-6,9-11H,1-2,7-8H2,(H2,20,23). The first-order chi connectivity index (χ1) is 12.1. The zero-order valence-electron chi connectivity index (χ0n) is 13.6. The maximum absolute atomic E-state index is 12.4. The molecule has 0 spiro atoms. The van der Waals surface area contributed by atoms with Crippen molar-refractivity contribution < 1.29 is 9.59 Å². The zero-order valence-corrected chi connectivity index (χ0v) is 14.4. The smallest absolute Gasteiger partial charge is 0.253 e. The fourth-order valence-electron chi connectivity index (χ4n) is 3.24. The highest BCUT2D eigenvalue weighted by atomic mass is 32.1. The van der Waals surface area contributed by atoms with Crippen LogP contribution in [-0.4, -0.2) is 34.8 Å². The lowest BCUT2D eigenvalue weighted by Gasteiger charge is -2.15. The first-order valence-corrected chi connectivity index (χ1v) is 9.08. The number of rotatable bonds is 3. The van der Waals surface area contributed by atoms with E-state index in [9.17, 15) is 9.59 Å². The third-order valence-electron chi connectivity index (χ3n) is 4.58. The molecule has 3 heterocycles. The fourth-order valence-corrected chi connectivity index (χ4v) is 4.31. The van der Waals surface area contributed by atoms with E-state index < -0.39 is 5.91 Å². The van der Waals surface area contributed by atoms with Crippen molar-refractivity contribution in [1.29, 1.82) is 0 Å². The SMILES string of the molecule is NC(=O)c1cncc2c(-c3ccc(C(=O)N4CCCC4)cc3)csc12. The van der Waals surface area contributed by atoms with Crippen LogP contribution in [0.25, 0.3) is 21.2 Å². The average molecular weight is 351 g/mol. The molecule has 0 bridgehead atoms. The van der Waals surface area contributed by atoms with Gasteiger partial charge in [0.05, 0.1) is 10.3 Å². The van der Waals surface area contributed by atoms with Gasteiger partial charge in [-0.15, -0.1) is 11.3 Å². The van der Waals surface area contributed by atoms with Crippen molar-refractivity contribution in [3.63, 3.8) is 0 Å². The van der Waals surface area contributed by atoms with Gasteiger partial charge >= 0.3 is 0 Å². The number of aromatic nitrogens is 1. The maximum atomic E-state index is 12.4. The molecule has 4 rings (SSSR count). The number of nitrogens with zero attached hydrogens (tertiary/aromatic N) is 2. The Balaban J connectivity index is 1.69. The minimum Gasteiger partial charge on any atom is -0.366 e. The first kappa shape index (κ1) is 15.8. The number of nitrogens with two attached hydrogens (primary N) is 1. The van der Waals surface area contributed by atoms with Gasteiger partial charge in [0, 0.05) is 42.0 Å². The Morgan fingerprint density at radius 2 is 1.80 bits per heavy atom. The van der Waals surface area contributed by atoms with Crippen molar-refractivity contribution in [2.24, 2.45) is 5.73 Å². The first-order valence-electron chi connectivity index (χ1n) is 8.20. The van der Waals surface area contributed by atoms with Crippen molar-refractivity contribution >= 4 is 33.2 Å². The number of likely N-dealkylation sites (tertiary alicyclic amines) is 1. The minimum atomic E-state index is -0.474. The van der Waals surface area contributed by atoms with E-state index in [1.807, 2.05) is 34.5 Å². The van der Waals surface area contributed by atoms with Gasteiger partial charge in [-0.2, -0.15) is 0 Å². The van der Waals surface area contributed by atoms with E-state index in [0.29, 0.717) is 11.1 Å². The van der Waals surface area contributed by atoms with Crippen LogP contribution in [0.5, 0.6) is 0 Å². The second kappa shape index (κ2) is 6.29. The molecule has 2 aromatic heterocycles. The molecule has 5 nitrogen and oxygen atoms in total. The van der Waals surface area contributed by atoms with Gasteiger partial charge < -0.3 is 10.6 Å². The van der Waals surface area contributed by atoms with Gasteiger partial charge in [-0.3, -0.25) is 14.6 Å². The van der Waals surface area contributed by atoms with Gasteiger partial charge in [-0.05, 0) is 35.9 Å². The third kappa shape index (κ3) is 2.78. The highest BCUT2D eigenvalue weighted by Crippen LogP contribution is 2.35. The lowest BCUT2D eigenvalue weighted by Crippen LogP contribution is -2.27. The number of carbonyl (C=O) groups is 2. The summed E-state index contributed by atoms with van der Waals surface area (Å²) in [5.74, 6) is -0.380. The zero-order chi connectivity index (χ0) is 17.4. The molecule has 1 fully saturated rings.